The van der Waals surface area contributed by atoms with Crippen molar-refractivity contribution >= 4 is 0 Å². The Morgan fingerprint density at radius 3 is 2.52 bits per heavy atom. The van der Waals surface area contributed by atoms with E-state index < -0.39 is 0 Å². The predicted molar refractivity (Wildman–Crippen MR) is 87.7 cm³/mol. The lowest BCUT2D eigenvalue weighted by atomic mass is 9.98. The molecule has 112 valence electrons. The molecule has 0 fully saturated rings. The lowest BCUT2D eigenvalue weighted by Crippen LogP contribution is -2.21. The fraction of sp³-hybridized carbons (Fsp3) is 0.389. The predicted octanol–water partition coefficient (Wildman–Crippen LogP) is 3.87. The van der Waals surface area contributed by atoms with Gasteiger partial charge in [0.2, 0.25) is 0 Å². The van der Waals surface area contributed by atoms with Crippen LogP contribution in [-0.2, 0) is 6.54 Å². The van der Waals surface area contributed by atoms with Crippen molar-refractivity contribution in [2.24, 2.45) is 0 Å². The van der Waals surface area contributed by atoms with Gasteiger partial charge in [-0.3, -0.25) is 4.98 Å². The summed E-state index contributed by atoms with van der Waals surface area (Å²) in [6, 6.07) is 6.93. The maximum absolute atomic E-state index is 5.38. The van der Waals surface area contributed by atoms with Gasteiger partial charge in [-0.1, -0.05) is 13.8 Å². The standard InChI is InChI=1S/C18H24N2O/c1-12(2)20-10-15-8-16(11-19-9-15)17-6-14(4)18(21-5)7-13(17)3/h6-9,11-12,20H,10H2,1-5H3. The molecule has 0 aliphatic heterocycles. The third kappa shape index (κ3) is 3.82. The van der Waals surface area contributed by atoms with Crippen LogP contribution in [0.2, 0.25) is 0 Å². The normalized spacial score (nSPS) is 11.0. The highest BCUT2D eigenvalue weighted by atomic mass is 16.5. The minimum Gasteiger partial charge on any atom is -0.496 e. The molecule has 0 atom stereocenters. The second kappa shape index (κ2) is 6.72. The molecule has 1 N–H and O–H groups in total. The molecule has 0 spiro atoms. The van der Waals surface area contributed by atoms with Crippen LogP contribution in [-0.4, -0.2) is 18.1 Å². The quantitative estimate of drug-likeness (QED) is 0.905. The Balaban J connectivity index is 2.34. The van der Waals surface area contributed by atoms with E-state index in [4.69, 9.17) is 4.74 Å². The van der Waals surface area contributed by atoms with Gasteiger partial charge in [0, 0.05) is 30.5 Å². The van der Waals surface area contributed by atoms with Crippen molar-refractivity contribution in [3.8, 4) is 16.9 Å². The molecule has 1 aromatic carbocycles. The van der Waals surface area contributed by atoms with Crippen molar-refractivity contribution in [1.29, 1.82) is 0 Å². The molecular weight excluding hydrogens is 260 g/mol. The lowest BCUT2D eigenvalue weighted by Gasteiger charge is -2.13. The highest BCUT2D eigenvalue weighted by Crippen LogP contribution is 2.30. The third-order valence-electron chi connectivity index (χ3n) is 3.56. The molecule has 0 bridgehead atoms. The Hall–Kier alpha value is -1.87. The fourth-order valence-corrected chi connectivity index (χ4v) is 2.37. The number of rotatable bonds is 5. The Morgan fingerprint density at radius 2 is 1.86 bits per heavy atom. The number of nitrogens with zero attached hydrogens (tertiary/aromatic N) is 1. The Kier molecular flexibility index (Phi) is 4.97. The first-order chi connectivity index (χ1) is 10.0. The molecule has 0 saturated heterocycles. The van der Waals surface area contributed by atoms with Crippen molar-refractivity contribution in [3.05, 3.63) is 47.3 Å². The summed E-state index contributed by atoms with van der Waals surface area (Å²) in [4.78, 5) is 4.38. The number of ether oxygens (including phenoxy) is 1. The van der Waals surface area contributed by atoms with E-state index in [1.165, 1.54) is 16.7 Å². The monoisotopic (exact) mass is 284 g/mol. The van der Waals surface area contributed by atoms with Crippen LogP contribution in [0, 0.1) is 13.8 Å². The zero-order valence-electron chi connectivity index (χ0n) is 13.5. The highest BCUT2D eigenvalue weighted by Gasteiger charge is 2.08. The smallest absolute Gasteiger partial charge is 0.122 e. The van der Waals surface area contributed by atoms with E-state index in [1.54, 1.807) is 7.11 Å². The average Bonchev–Trinajstić information content (AvgIpc) is 2.47. The second-order valence-electron chi connectivity index (χ2n) is 5.75. The summed E-state index contributed by atoms with van der Waals surface area (Å²) in [5.74, 6) is 0.932. The second-order valence-corrected chi connectivity index (χ2v) is 5.75. The SMILES string of the molecule is COc1cc(C)c(-c2cncc(CNC(C)C)c2)cc1C. The molecule has 0 radical (unpaired) electrons. The maximum Gasteiger partial charge on any atom is 0.122 e. The van der Waals surface area contributed by atoms with Gasteiger partial charge in [0.1, 0.15) is 5.75 Å². The molecule has 0 saturated carbocycles. The maximum atomic E-state index is 5.38. The van der Waals surface area contributed by atoms with Gasteiger partial charge in [0.25, 0.3) is 0 Å². The average molecular weight is 284 g/mol. The Labute approximate surface area is 127 Å². The topological polar surface area (TPSA) is 34.1 Å². The van der Waals surface area contributed by atoms with Crippen LogP contribution < -0.4 is 10.1 Å². The Morgan fingerprint density at radius 1 is 1.10 bits per heavy atom. The van der Waals surface area contributed by atoms with Crippen LogP contribution in [0.5, 0.6) is 5.75 Å². The van der Waals surface area contributed by atoms with Gasteiger partial charge in [-0.05, 0) is 54.3 Å². The summed E-state index contributed by atoms with van der Waals surface area (Å²) < 4.78 is 5.38. The zero-order valence-corrected chi connectivity index (χ0v) is 13.5. The minimum absolute atomic E-state index is 0.471. The van der Waals surface area contributed by atoms with Gasteiger partial charge < -0.3 is 10.1 Å². The van der Waals surface area contributed by atoms with Gasteiger partial charge in [0.05, 0.1) is 7.11 Å². The summed E-state index contributed by atoms with van der Waals surface area (Å²) in [6.07, 6.45) is 3.84. The van der Waals surface area contributed by atoms with Crippen molar-refractivity contribution < 1.29 is 4.74 Å². The summed E-state index contributed by atoms with van der Waals surface area (Å²) in [7, 11) is 1.71. The van der Waals surface area contributed by atoms with E-state index in [1.807, 2.05) is 12.4 Å². The number of aromatic nitrogens is 1. The van der Waals surface area contributed by atoms with Crippen molar-refractivity contribution in [1.82, 2.24) is 10.3 Å². The van der Waals surface area contributed by atoms with E-state index in [0.717, 1.165) is 23.4 Å². The first kappa shape index (κ1) is 15.5. The molecule has 3 nitrogen and oxygen atoms in total. The van der Waals surface area contributed by atoms with Gasteiger partial charge >= 0.3 is 0 Å². The molecular formula is C18H24N2O. The number of aryl methyl sites for hydroxylation is 2. The zero-order chi connectivity index (χ0) is 15.4. The largest absolute Gasteiger partial charge is 0.496 e. The third-order valence-corrected chi connectivity index (χ3v) is 3.56. The van der Waals surface area contributed by atoms with E-state index in [0.29, 0.717) is 6.04 Å². The molecule has 21 heavy (non-hydrogen) atoms. The molecule has 0 unspecified atom stereocenters. The molecule has 1 aromatic heterocycles. The van der Waals surface area contributed by atoms with E-state index in [-0.39, 0.29) is 0 Å². The van der Waals surface area contributed by atoms with Crippen LogP contribution in [0.1, 0.15) is 30.5 Å². The number of hydrogen-bond acceptors (Lipinski definition) is 3. The van der Waals surface area contributed by atoms with Crippen LogP contribution in [0.25, 0.3) is 11.1 Å². The van der Waals surface area contributed by atoms with Crippen LogP contribution in [0.3, 0.4) is 0 Å². The van der Waals surface area contributed by atoms with Crippen molar-refractivity contribution in [3.63, 3.8) is 0 Å². The number of hydrogen-bond donors (Lipinski definition) is 1. The first-order valence-corrected chi connectivity index (χ1v) is 7.34. The number of nitrogens with one attached hydrogen (secondary N) is 1. The van der Waals surface area contributed by atoms with Crippen LogP contribution >= 0.6 is 0 Å². The van der Waals surface area contributed by atoms with Gasteiger partial charge in [-0.2, -0.15) is 0 Å². The van der Waals surface area contributed by atoms with E-state index in [9.17, 15) is 0 Å². The van der Waals surface area contributed by atoms with E-state index >= 15 is 0 Å². The fourth-order valence-electron chi connectivity index (χ4n) is 2.37. The summed E-state index contributed by atoms with van der Waals surface area (Å²) >= 11 is 0. The van der Waals surface area contributed by atoms with Crippen LogP contribution in [0.4, 0.5) is 0 Å². The molecule has 0 aliphatic rings. The number of benzene rings is 1. The highest BCUT2D eigenvalue weighted by molar-refractivity contribution is 5.69. The van der Waals surface area contributed by atoms with Crippen LogP contribution in [0.15, 0.2) is 30.6 Å². The van der Waals surface area contributed by atoms with Gasteiger partial charge in [0.15, 0.2) is 0 Å². The Bertz CT molecular complexity index is 621. The van der Waals surface area contributed by atoms with E-state index in [2.05, 4.69) is 56.2 Å². The molecule has 1 heterocycles. The molecule has 0 amide bonds. The summed E-state index contributed by atoms with van der Waals surface area (Å²) in [6.45, 7) is 9.31. The first-order valence-electron chi connectivity index (χ1n) is 7.34. The summed E-state index contributed by atoms with van der Waals surface area (Å²) in [5.41, 5.74) is 5.92. The molecule has 2 rings (SSSR count). The number of methoxy groups -OCH3 is 1. The van der Waals surface area contributed by atoms with Gasteiger partial charge in [-0.15, -0.1) is 0 Å². The molecule has 3 heteroatoms. The van der Waals surface area contributed by atoms with Crippen molar-refractivity contribution in [2.75, 3.05) is 7.11 Å². The summed E-state index contributed by atoms with van der Waals surface area (Å²) in [5, 5.41) is 3.42. The molecule has 0 aliphatic carbocycles. The van der Waals surface area contributed by atoms with Gasteiger partial charge in [-0.25, -0.2) is 0 Å². The van der Waals surface area contributed by atoms with Crippen molar-refractivity contribution in [2.45, 2.75) is 40.3 Å². The number of pyridine rings is 1. The minimum atomic E-state index is 0.471. The molecule has 2 aromatic rings. The lowest BCUT2D eigenvalue weighted by molar-refractivity contribution is 0.411.